The van der Waals surface area contributed by atoms with Gasteiger partial charge < -0.3 is 10.4 Å². The van der Waals surface area contributed by atoms with Crippen LogP contribution < -0.4 is 5.32 Å². The molecule has 0 spiro atoms. The number of aromatic nitrogens is 1. The summed E-state index contributed by atoms with van der Waals surface area (Å²) in [7, 11) is -3.84. The van der Waals surface area contributed by atoms with Crippen LogP contribution in [0.4, 0.5) is 4.39 Å². The molecular formula is C12H18FN3O3S. The van der Waals surface area contributed by atoms with Gasteiger partial charge in [-0.2, -0.15) is 4.31 Å². The van der Waals surface area contributed by atoms with Crippen molar-refractivity contribution in [3.05, 3.63) is 24.3 Å². The number of pyridine rings is 1. The van der Waals surface area contributed by atoms with Crippen molar-refractivity contribution in [3.63, 3.8) is 0 Å². The number of halogens is 1. The molecule has 2 rings (SSSR count). The molecule has 0 bridgehead atoms. The number of nitrogens with one attached hydrogen (secondary N) is 1. The molecule has 1 aliphatic heterocycles. The zero-order valence-corrected chi connectivity index (χ0v) is 11.8. The molecule has 0 aromatic carbocycles. The van der Waals surface area contributed by atoms with E-state index in [-0.39, 0.29) is 30.6 Å². The van der Waals surface area contributed by atoms with Gasteiger partial charge in [-0.05, 0) is 25.5 Å². The summed E-state index contributed by atoms with van der Waals surface area (Å²) >= 11 is 0. The Kier molecular flexibility index (Phi) is 5.03. The highest BCUT2D eigenvalue weighted by Gasteiger charge is 2.28. The average Bonchev–Trinajstić information content (AvgIpc) is 2.91. The SMILES string of the molecule is O=S(=O)(c1cncc(F)c1)N(CCO)CC1CCCN1. The normalized spacial score (nSPS) is 19.6. The molecule has 112 valence electrons. The van der Waals surface area contributed by atoms with Gasteiger partial charge in [0.05, 0.1) is 12.8 Å². The Morgan fingerprint density at radius 2 is 2.30 bits per heavy atom. The summed E-state index contributed by atoms with van der Waals surface area (Å²) < 4.78 is 39.2. The summed E-state index contributed by atoms with van der Waals surface area (Å²) in [5.74, 6) is -0.700. The van der Waals surface area contributed by atoms with E-state index in [2.05, 4.69) is 10.3 Å². The van der Waals surface area contributed by atoms with Crippen molar-refractivity contribution in [2.75, 3.05) is 26.2 Å². The van der Waals surface area contributed by atoms with Crippen LogP contribution in [0.5, 0.6) is 0 Å². The largest absolute Gasteiger partial charge is 0.395 e. The lowest BCUT2D eigenvalue weighted by Gasteiger charge is -2.24. The molecular weight excluding hydrogens is 285 g/mol. The second-order valence-electron chi connectivity index (χ2n) is 4.72. The minimum absolute atomic E-state index is 0.0168. The molecule has 0 radical (unpaired) electrons. The van der Waals surface area contributed by atoms with Gasteiger partial charge in [-0.15, -0.1) is 0 Å². The van der Waals surface area contributed by atoms with Crippen LogP contribution in [-0.2, 0) is 10.0 Å². The van der Waals surface area contributed by atoms with Crippen LogP contribution in [0.15, 0.2) is 23.4 Å². The van der Waals surface area contributed by atoms with Gasteiger partial charge in [0.25, 0.3) is 0 Å². The zero-order valence-electron chi connectivity index (χ0n) is 11.0. The van der Waals surface area contributed by atoms with Crippen molar-refractivity contribution in [2.45, 2.75) is 23.8 Å². The summed E-state index contributed by atoms with van der Waals surface area (Å²) in [4.78, 5) is 3.38. The Balaban J connectivity index is 2.21. The predicted molar refractivity (Wildman–Crippen MR) is 71.1 cm³/mol. The molecule has 1 aliphatic rings. The highest BCUT2D eigenvalue weighted by molar-refractivity contribution is 7.89. The minimum atomic E-state index is -3.84. The van der Waals surface area contributed by atoms with E-state index >= 15 is 0 Å². The first-order valence-corrected chi connectivity index (χ1v) is 7.93. The molecule has 1 saturated heterocycles. The van der Waals surface area contributed by atoms with Crippen LogP contribution in [0.3, 0.4) is 0 Å². The number of nitrogens with zero attached hydrogens (tertiary/aromatic N) is 2. The predicted octanol–water partition coefficient (Wildman–Crippen LogP) is -0.0443. The fourth-order valence-corrected chi connectivity index (χ4v) is 3.71. The fraction of sp³-hybridized carbons (Fsp3) is 0.583. The summed E-state index contributed by atoms with van der Waals surface area (Å²) in [6, 6.07) is 1.01. The monoisotopic (exact) mass is 303 g/mol. The molecule has 0 saturated carbocycles. The number of hydrogen-bond acceptors (Lipinski definition) is 5. The molecule has 6 nitrogen and oxygen atoms in total. The van der Waals surface area contributed by atoms with Crippen molar-refractivity contribution >= 4 is 10.0 Å². The Bertz CT molecular complexity index is 547. The maximum absolute atomic E-state index is 13.1. The van der Waals surface area contributed by atoms with E-state index in [1.54, 1.807) is 0 Å². The maximum Gasteiger partial charge on any atom is 0.244 e. The second-order valence-corrected chi connectivity index (χ2v) is 6.66. The number of hydrogen-bond donors (Lipinski definition) is 2. The summed E-state index contributed by atoms with van der Waals surface area (Å²) in [6.45, 7) is 0.824. The Morgan fingerprint density at radius 3 is 2.90 bits per heavy atom. The molecule has 0 amide bonds. The number of sulfonamides is 1. The van der Waals surface area contributed by atoms with Gasteiger partial charge in [-0.1, -0.05) is 0 Å². The zero-order chi connectivity index (χ0) is 14.6. The highest BCUT2D eigenvalue weighted by Crippen LogP contribution is 2.17. The van der Waals surface area contributed by atoms with E-state index < -0.39 is 15.8 Å². The molecule has 1 fully saturated rings. The topological polar surface area (TPSA) is 82.5 Å². The average molecular weight is 303 g/mol. The molecule has 1 aromatic rings. The Labute approximate surface area is 117 Å². The highest BCUT2D eigenvalue weighted by atomic mass is 32.2. The molecule has 20 heavy (non-hydrogen) atoms. The molecule has 2 N–H and O–H groups in total. The van der Waals surface area contributed by atoms with Crippen molar-refractivity contribution in [3.8, 4) is 0 Å². The van der Waals surface area contributed by atoms with Crippen LogP contribution in [0.2, 0.25) is 0 Å². The van der Waals surface area contributed by atoms with E-state index in [0.29, 0.717) is 0 Å². The van der Waals surface area contributed by atoms with Gasteiger partial charge in [-0.25, -0.2) is 12.8 Å². The Morgan fingerprint density at radius 1 is 1.50 bits per heavy atom. The van der Waals surface area contributed by atoms with Crippen molar-refractivity contribution in [1.82, 2.24) is 14.6 Å². The van der Waals surface area contributed by atoms with Gasteiger partial charge in [0.2, 0.25) is 10.0 Å². The first-order valence-electron chi connectivity index (χ1n) is 6.49. The van der Waals surface area contributed by atoms with Crippen LogP contribution in [-0.4, -0.2) is 55.1 Å². The van der Waals surface area contributed by atoms with Gasteiger partial charge in [-0.3, -0.25) is 4.98 Å². The minimum Gasteiger partial charge on any atom is -0.395 e. The summed E-state index contributed by atoms with van der Waals surface area (Å²) in [6.07, 6.45) is 3.96. The van der Waals surface area contributed by atoms with Gasteiger partial charge in [0.15, 0.2) is 0 Å². The molecule has 1 aromatic heterocycles. The molecule has 2 heterocycles. The van der Waals surface area contributed by atoms with Crippen molar-refractivity contribution in [1.29, 1.82) is 0 Å². The van der Waals surface area contributed by atoms with E-state index in [1.807, 2.05) is 0 Å². The van der Waals surface area contributed by atoms with Gasteiger partial charge in [0, 0.05) is 25.3 Å². The van der Waals surface area contributed by atoms with Crippen LogP contribution in [0, 0.1) is 5.82 Å². The second kappa shape index (κ2) is 6.57. The third kappa shape index (κ3) is 3.51. The van der Waals surface area contributed by atoms with Crippen molar-refractivity contribution in [2.24, 2.45) is 0 Å². The molecule has 0 aliphatic carbocycles. The third-order valence-electron chi connectivity index (χ3n) is 3.25. The van der Waals surface area contributed by atoms with Gasteiger partial charge >= 0.3 is 0 Å². The maximum atomic E-state index is 13.1. The number of rotatable bonds is 6. The quantitative estimate of drug-likeness (QED) is 0.770. The standard InChI is InChI=1S/C12H18FN3O3S/c13-10-6-12(8-14-7-10)20(18,19)16(4-5-17)9-11-2-1-3-15-11/h6-8,11,15,17H,1-5,9H2. The first-order chi connectivity index (χ1) is 9.54. The van der Waals surface area contributed by atoms with E-state index in [4.69, 9.17) is 5.11 Å². The third-order valence-corrected chi connectivity index (χ3v) is 5.08. The van der Waals surface area contributed by atoms with E-state index in [1.165, 1.54) is 4.31 Å². The van der Waals surface area contributed by atoms with Crippen LogP contribution in [0.1, 0.15) is 12.8 Å². The van der Waals surface area contributed by atoms with E-state index in [9.17, 15) is 12.8 Å². The molecule has 1 atom stereocenters. The number of aliphatic hydroxyl groups is 1. The molecule has 1 unspecified atom stereocenters. The fourth-order valence-electron chi connectivity index (χ4n) is 2.26. The van der Waals surface area contributed by atoms with Crippen LogP contribution >= 0.6 is 0 Å². The lowest BCUT2D eigenvalue weighted by molar-refractivity contribution is 0.246. The van der Waals surface area contributed by atoms with Gasteiger partial charge in [0.1, 0.15) is 10.7 Å². The summed E-state index contributed by atoms with van der Waals surface area (Å²) in [5, 5.41) is 12.3. The van der Waals surface area contributed by atoms with Crippen molar-refractivity contribution < 1.29 is 17.9 Å². The number of aliphatic hydroxyl groups excluding tert-OH is 1. The first kappa shape index (κ1) is 15.3. The summed E-state index contributed by atoms with van der Waals surface area (Å²) in [5.41, 5.74) is 0. The molecule has 8 heteroatoms. The van der Waals surface area contributed by atoms with E-state index in [0.717, 1.165) is 37.8 Å². The lowest BCUT2D eigenvalue weighted by atomic mass is 10.2. The Hall–Kier alpha value is -1.09. The smallest absolute Gasteiger partial charge is 0.244 e. The van der Waals surface area contributed by atoms with Crippen LogP contribution in [0.25, 0.3) is 0 Å². The lowest BCUT2D eigenvalue weighted by Crippen LogP contribution is -2.42.